The Morgan fingerprint density at radius 1 is 1.32 bits per heavy atom. The van der Waals surface area contributed by atoms with Crippen LogP contribution in [0, 0.1) is 0 Å². The molecule has 0 fully saturated rings. The van der Waals surface area contributed by atoms with Gasteiger partial charge in [-0.1, -0.05) is 19.6 Å². The van der Waals surface area contributed by atoms with Crippen LogP contribution in [0.2, 0.25) is 25.7 Å². The summed E-state index contributed by atoms with van der Waals surface area (Å²) in [6.07, 6.45) is 2.77. The Morgan fingerprint density at radius 3 is 2.68 bits per heavy atom. The van der Waals surface area contributed by atoms with E-state index in [1.165, 1.54) is 21.7 Å². The average molecular weight is 469 g/mol. The van der Waals surface area contributed by atoms with E-state index in [4.69, 9.17) is 9.84 Å². The van der Waals surface area contributed by atoms with Crippen LogP contribution in [0.1, 0.15) is 0 Å². The van der Waals surface area contributed by atoms with Crippen molar-refractivity contribution in [3.63, 3.8) is 0 Å². The van der Waals surface area contributed by atoms with Gasteiger partial charge in [0.2, 0.25) is 5.82 Å². The number of hydrogen-bond acceptors (Lipinski definition) is 8. The Labute approximate surface area is 179 Å². The van der Waals surface area contributed by atoms with E-state index >= 15 is 0 Å². The van der Waals surface area contributed by atoms with Crippen molar-refractivity contribution in [3.8, 4) is 22.6 Å². The van der Waals surface area contributed by atoms with Crippen LogP contribution in [0.4, 0.5) is 4.79 Å². The molecule has 3 aromatic heterocycles. The Morgan fingerprint density at radius 2 is 2.06 bits per heavy atom. The van der Waals surface area contributed by atoms with E-state index < -0.39 is 24.4 Å². The largest absolute Gasteiger partial charge is 0.464 e. The van der Waals surface area contributed by atoms with Gasteiger partial charge >= 0.3 is 16.3 Å². The Balaban J connectivity index is 2.03. The first-order valence-electron chi connectivity index (χ1n) is 9.29. The first kappa shape index (κ1) is 22.6. The Kier molecular flexibility index (Phi) is 6.28. The van der Waals surface area contributed by atoms with Crippen molar-refractivity contribution in [1.29, 1.82) is 0 Å². The van der Waals surface area contributed by atoms with Gasteiger partial charge in [0.15, 0.2) is 0 Å². The van der Waals surface area contributed by atoms with E-state index in [1.54, 1.807) is 24.1 Å². The molecule has 0 atom stereocenters. The molecule has 0 bridgehead atoms. The minimum atomic E-state index is -4.46. The molecule has 0 saturated carbocycles. The molecule has 13 nitrogen and oxygen atoms in total. The minimum absolute atomic E-state index is 0.0108. The maximum Gasteiger partial charge on any atom is 0.419 e. The molecule has 3 aromatic rings. The SMILES string of the molecule is Cn1cc(-c2ccn(S(=O)(=O)NC(=O)O)c2-c2nnnn2COCC[Si](C)(C)C)cn1. The summed E-state index contributed by atoms with van der Waals surface area (Å²) < 4.78 is 36.2. The van der Waals surface area contributed by atoms with E-state index in [1.807, 2.05) is 0 Å². The lowest BCUT2D eigenvalue weighted by atomic mass is 10.1. The summed E-state index contributed by atoms with van der Waals surface area (Å²) in [5, 5.41) is 24.6. The van der Waals surface area contributed by atoms with Crippen LogP contribution in [0.5, 0.6) is 0 Å². The fraction of sp³-hybridized carbons (Fsp3) is 0.438. The number of carboxylic acid groups (broad SMARTS) is 1. The molecular weight excluding hydrogens is 444 g/mol. The molecule has 2 N–H and O–H groups in total. The van der Waals surface area contributed by atoms with Gasteiger partial charge in [0.05, 0.1) is 6.20 Å². The van der Waals surface area contributed by atoms with Crippen molar-refractivity contribution in [2.75, 3.05) is 6.61 Å². The second-order valence-electron chi connectivity index (χ2n) is 8.04. The normalized spacial score (nSPS) is 12.3. The smallest absolute Gasteiger partial charge is 0.419 e. The van der Waals surface area contributed by atoms with E-state index in [0.717, 1.165) is 10.0 Å². The van der Waals surface area contributed by atoms with Gasteiger partial charge in [-0.3, -0.25) is 4.68 Å². The van der Waals surface area contributed by atoms with E-state index in [9.17, 15) is 13.2 Å². The standard InChI is InChI=1S/C16H24N8O5SSi/c1-22-10-12(9-17-22)13-5-6-24(30(27,28)19-16(25)26)14(13)15-18-20-21-23(15)11-29-7-8-31(2,3)4/h5-6,9-10,19H,7-8,11H2,1-4H3,(H,25,26). The number of nitrogens with one attached hydrogen (secondary N) is 1. The lowest BCUT2D eigenvalue weighted by molar-refractivity contribution is 0.0783. The number of aryl methyl sites for hydroxylation is 1. The van der Waals surface area contributed by atoms with Crippen LogP contribution >= 0.6 is 0 Å². The molecule has 0 spiro atoms. The highest BCUT2D eigenvalue weighted by molar-refractivity contribution is 7.88. The van der Waals surface area contributed by atoms with Crippen molar-refractivity contribution in [1.82, 2.24) is 38.7 Å². The third-order valence-electron chi connectivity index (χ3n) is 4.30. The van der Waals surface area contributed by atoms with Crippen molar-refractivity contribution < 1.29 is 23.1 Å². The zero-order valence-corrected chi connectivity index (χ0v) is 19.4. The van der Waals surface area contributed by atoms with Gasteiger partial charge in [-0.15, -0.1) is 5.10 Å². The summed E-state index contributed by atoms with van der Waals surface area (Å²) in [7, 11) is -4.03. The monoisotopic (exact) mass is 468 g/mol. The van der Waals surface area contributed by atoms with Crippen LogP contribution in [0.25, 0.3) is 22.6 Å². The van der Waals surface area contributed by atoms with E-state index in [-0.39, 0.29) is 18.2 Å². The van der Waals surface area contributed by atoms with Gasteiger partial charge in [-0.2, -0.15) is 18.2 Å². The summed E-state index contributed by atoms with van der Waals surface area (Å²) in [6, 6.07) is 2.47. The van der Waals surface area contributed by atoms with Gasteiger partial charge in [-0.25, -0.2) is 13.5 Å². The molecule has 0 unspecified atom stereocenters. The zero-order valence-electron chi connectivity index (χ0n) is 17.5. The summed E-state index contributed by atoms with van der Waals surface area (Å²) in [6.45, 7) is 7.21. The number of aromatic nitrogens is 7. The van der Waals surface area contributed by atoms with Gasteiger partial charge in [0, 0.05) is 45.2 Å². The highest BCUT2D eigenvalue weighted by Gasteiger charge is 2.27. The number of rotatable bonds is 9. The van der Waals surface area contributed by atoms with Crippen LogP contribution in [-0.2, 0) is 28.7 Å². The van der Waals surface area contributed by atoms with Crippen molar-refractivity contribution in [3.05, 3.63) is 24.7 Å². The third kappa shape index (κ3) is 5.36. The highest BCUT2D eigenvalue weighted by Crippen LogP contribution is 2.32. The molecule has 0 aliphatic rings. The molecule has 0 aromatic carbocycles. The predicted octanol–water partition coefficient (Wildman–Crippen LogP) is 1.21. The summed E-state index contributed by atoms with van der Waals surface area (Å²) in [5.74, 6) is 0.104. The molecule has 3 rings (SSSR count). The molecule has 1 amide bonds. The molecule has 0 saturated heterocycles. The number of amides is 1. The minimum Gasteiger partial charge on any atom is -0.464 e. The van der Waals surface area contributed by atoms with Crippen molar-refractivity contribution in [2.45, 2.75) is 32.4 Å². The zero-order chi connectivity index (χ0) is 22.8. The summed E-state index contributed by atoms with van der Waals surface area (Å²) in [4.78, 5) is 11.0. The first-order valence-corrected chi connectivity index (χ1v) is 14.4. The predicted molar refractivity (Wildman–Crippen MR) is 113 cm³/mol. The molecule has 0 aliphatic carbocycles. The quantitative estimate of drug-likeness (QED) is 0.347. The Hall–Kier alpha value is -3.04. The fourth-order valence-corrected chi connectivity index (χ4v) is 4.49. The molecule has 31 heavy (non-hydrogen) atoms. The number of ether oxygens (including phenoxy) is 1. The number of hydrogen-bond donors (Lipinski definition) is 2. The maximum absolute atomic E-state index is 12.6. The molecule has 15 heteroatoms. The first-order chi connectivity index (χ1) is 14.5. The van der Waals surface area contributed by atoms with Crippen LogP contribution in [-0.4, -0.2) is 68.3 Å². The molecule has 0 aliphatic heterocycles. The van der Waals surface area contributed by atoms with E-state index in [2.05, 4.69) is 40.3 Å². The molecule has 3 heterocycles. The number of nitrogens with zero attached hydrogens (tertiary/aromatic N) is 7. The van der Waals surface area contributed by atoms with Crippen LogP contribution < -0.4 is 4.72 Å². The maximum atomic E-state index is 12.6. The van der Waals surface area contributed by atoms with Gasteiger partial charge in [0.25, 0.3) is 0 Å². The molecule has 0 radical (unpaired) electrons. The topological polar surface area (TPSA) is 159 Å². The van der Waals surface area contributed by atoms with Crippen molar-refractivity contribution in [2.24, 2.45) is 7.05 Å². The van der Waals surface area contributed by atoms with Gasteiger partial charge in [-0.05, 0) is 22.5 Å². The number of tetrazole rings is 1. The third-order valence-corrected chi connectivity index (χ3v) is 7.26. The molecule has 168 valence electrons. The number of carbonyl (C=O) groups is 1. The van der Waals surface area contributed by atoms with Crippen LogP contribution in [0.15, 0.2) is 24.7 Å². The average Bonchev–Trinajstić information content (AvgIpc) is 3.35. The summed E-state index contributed by atoms with van der Waals surface area (Å²) >= 11 is 0. The second kappa shape index (κ2) is 8.60. The van der Waals surface area contributed by atoms with Gasteiger partial charge < -0.3 is 9.84 Å². The lowest BCUT2D eigenvalue weighted by Gasteiger charge is -2.15. The summed E-state index contributed by atoms with van der Waals surface area (Å²) in [5.41, 5.74) is 1.15. The van der Waals surface area contributed by atoms with E-state index in [0.29, 0.717) is 17.7 Å². The lowest BCUT2D eigenvalue weighted by Crippen LogP contribution is -2.34. The van der Waals surface area contributed by atoms with Crippen molar-refractivity contribution >= 4 is 24.4 Å². The second-order valence-corrected chi connectivity index (χ2v) is 15.2. The Bertz CT molecular complexity index is 1180. The van der Waals surface area contributed by atoms with Crippen LogP contribution in [0.3, 0.4) is 0 Å². The highest BCUT2D eigenvalue weighted by atomic mass is 32.2. The molecular formula is C16H24N8O5SSi. The fourth-order valence-electron chi connectivity index (χ4n) is 2.78. The van der Waals surface area contributed by atoms with Gasteiger partial charge in [0.1, 0.15) is 12.4 Å².